The average Bonchev–Trinajstić information content (AvgIpc) is 3.33. The Kier molecular flexibility index (Phi) is 13.1. The van der Waals surface area contributed by atoms with Crippen molar-refractivity contribution >= 4 is 35.5 Å². The second-order valence-corrected chi connectivity index (χ2v) is 10.1. The van der Waals surface area contributed by atoms with Crippen LogP contribution in [0.2, 0.25) is 0 Å². The lowest BCUT2D eigenvalue weighted by Gasteiger charge is -2.31. The minimum absolute atomic E-state index is 0.117. The van der Waals surface area contributed by atoms with Crippen LogP contribution in [0.5, 0.6) is 0 Å². The molecule has 38 heavy (non-hydrogen) atoms. The number of carbonyl (C=O) groups is 6. The summed E-state index contributed by atoms with van der Waals surface area (Å²) in [5, 5.41) is 25.6. The van der Waals surface area contributed by atoms with Gasteiger partial charge in [-0.1, -0.05) is 34.1 Å². The number of aliphatic hydroxyl groups excluding tert-OH is 1. The number of aliphatic carboxylic acids is 1. The van der Waals surface area contributed by atoms with Crippen molar-refractivity contribution in [2.45, 2.75) is 90.0 Å². The number of nitrogens with one attached hydrogen (secondary N) is 3. The molecule has 5 amide bonds. The van der Waals surface area contributed by atoms with Gasteiger partial charge in [0.15, 0.2) is 0 Å². The molecule has 0 aromatic heterocycles. The summed E-state index contributed by atoms with van der Waals surface area (Å²) in [6.45, 7) is 6.57. The van der Waals surface area contributed by atoms with Crippen LogP contribution in [-0.4, -0.2) is 94.0 Å². The molecule has 1 heterocycles. The molecule has 6 atom stereocenters. The SMILES string of the molecule is CC[C@H](C)[C@H](NC(=O)[C@@H]1CCCN1C(=O)[C@H](CC(N)=O)NC(=O)[C@@H](N)CC(C)C)C(=O)N[C@@H](CO)C(=O)O. The zero-order valence-electron chi connectivity index (χ0n) is 22.4. The van der Waals surface area contributed by atoms with Crippen molar-refractivity contribution in [3.8, 4) is 0 Å². The topological polar surface area (TPSA) is 234 Å². The second kappa shape index (κ2) is 15.2. The molecule has 14 heteroatoms. The number of likely N-dealkylation sites (tertiary alicyclic amines) is 1. The van der Waals surface area contributed by atoms with Gasteiger partial charge in [0.2, 0.25) is 29.5 Å². The number of carboxylic acid groups (broad SMARTS) is 1. The van der Waals surface area contributed by atoms with Gasteiger partial charge in [0.1, 0.15) is 24.2 Å². The van der Waals surface area contributed by atoms with Crippen LogP contribution in [0.4, 0.5) is 0 Å². The van der Waals surface area contributed by atoms with Crippen molar-refractivity contribution in [3.63, 3.8) is 0 Å². The van der Waals surface area contributed by atoms with Crippen LogP contribution in [0.25, 0.3) is 0 Å². The third-order valence-corrected chi connectivity index (χ3v) is 6.51. The quantitative estimate of drug-likeness (QED) is 0.119. The molecule has 0 saturated carbocycles. The van der Waals surface area contributed by atoms with Crippen LogP contribution in [0.15, 0.2) is 0 Å². The van der Waals surface area contributed by atoms with E-state index >= 15 is 0 Å². The van der Waals surface area contributed by atoms with E-state index in [-0.39, 0.29) is 18.9 Å². The van der Waals surface area contributed by atoms with E-state index < -0.39 is 84.7 Å². The fourth-order valence-electron chi connectivity index (χ4n) is 4.20. The molecular weight excluding hydrogens is 500 g/mol. The largest absolute Gasteiger partial charge is 0.480 e. The van der Waals surface area contributed by atoms with Crippen molar-refractivity contribution in [3.05, 3.63) is 0 Å². The number of carbonyl (C=O) groups excluding carboxylic acids is 5. The molecular formula is C24H42N6O8. The fraction of sp³-hybridized carbons (Fsp3) is 0.750. The lowest BCUT2D eigenvalue weighted by molar-refractivity contribution is -0.144. The minimum Gasteiger partial charge on any atom is -0.480 e. The maximum absolute atomic E-state index is 13.4. The Hall–Kier alpha value is -3.26. The third-order valence-electron chi connectivity index (χ3n) is 6.51. The fourth-order valence-corrected chi connectivity index (χ4v) is 4.20. The van der Waals surface area contributed by atoms with Gasteiger partial charge in [-0.2, -0.15) is 0 Å². The molecule has 0 aliphatic carbocycles. The van der Waals surface area contributed by atoms with Crippen molar-refractivity contribution in [2.24, 2.45) is 23.3 Å². The van der Waals surface area contributed by atoms with Gasteiger partial charge in [-0.3, -0.25) is 24.0 Å². The minimum atomic E-state index is -1.55. The maximum Gasteiger partial charge on any atom is 0.328 e. The summed E-state index contributed by atoms with van der Waals surface area (Å²) in [6, 6.07) is -5.89. The molecule has 9 N–H and O–H groups in total. The first-order valence-electron chi connectivity index (χ1n) is 12.8. The van der Waals surface area contributed by atoms with Crippen LogP contribution < -0.4 is 27.4 Å². The highest BCUT2D eigenvalue weighted by Gasteiger charge is 2.40. The Morgan fingerprint density at radius 1 is 1.00 bits per heavy atom. The van der Waals surface area contributed by atoms with Gasteiger partial charge in [-0.15, -0.1) is 0 Å². The van der Waals surface area contributed by atoms with Gasteiger partial charge in [0, 0.05) is 6.54 Å². The van der Waals surface area contributed by atoms with E-state index in [1.165, 1.54) is 4.90 Å². The van der Waals surface area contributed by atoms with Crippen molar-refractivity contribution in [1.29, 1.82) is 0 Å². The molecule has 0 unspecified atom stereocenters. The van der Waals surface area contributed by atoms with E-state index in [1.54, 1.807) is 13.8 Å². The zero-order chi connectivity index (χ0) is 29.2. The van der Waals surface area contributed by atoms with Gasteiger partial charge in [0.25, 0.3) is 0 Å². The average molecular weight is 543 g/mol. The third kappa shape index (κ3) is 9.56. The summed E-state index contributed by atoms with van der Waals surface area (Å²) in [5.41, 5.74) is 11.2. The highest BCUT2D eigenvalue weighted by Crippen LogP contribution is 2.20. The van der Waals surface area contributed by atoms with Gasteiger partial charge in [0.05, 0.1) is 19.1 Å². The van der Waals surface area contributed by atoms with E-state index in [9.17, 15) is 33.9 Å². The number of nitrogens with zero attached hydrogens (tertiary/aromatic N) is 1. The van der Waals surface area contributed by atoms with Crippen molar-refractivity contribution in [2.75, 3.05) is 13.2 Å². The lowest BCUT2D eigenvalue weighted by atomic mass is 9.97. The summed E-state index contributed by atoms with van der Waals surface area (Å²) in [7, 11) is 0. The number of aliphatic hydroxyl groups is 1. The highest BCUT2D eigenvalue weighted by atomic mass is 16.4. The molecule has 1 saturated heterocycles. The number of hydrogen-bond donors (Lipinski definition) is 7. The predicted molar refractivity (Wildman–Crippen MR) is 136 cm³/mol. The zero-order valence-corrected chi connectivity index (χ0v) is 22.4. The first-order chi connectivity index (χ1) is 17.7. The molecule has 0 aromatic carbocycles. The second-order valence-electron chi connectivity index (χ2n) is 10.1. The molecule has 1 aliphatic rings. The number of amides is 5. The number of primary amides is 1. The molecule has 1 aliphatic heterocycles. The van der Waals surface area contributed by atoms with Crippen LogP contribution >= 0.6 is 0 Å². The Balaban J connectivity index is 3.07. The van der Waals surface area contributed by atoms with Crippen molar-refractivity contribution < 1.29 is 39.0 Å². The van der Waals surface area contributed by atoms with Gasteiger partial charge >= 0.3 is 5.97 Å². The van der Waals surface area contributed by atoms with E-state index in [4.69, 9.17) is 16.6 Å². The normalized spacial score (nSPS) is 19.1. The first-order valence-corrected chi connectivity index (χ1v) is 12.8. The molecule has 216 valence electrons. The predicted octanol–water partition coefficient (Wildman–Crippen LogP) is -2.20. The van der Waals surface area contributed by atoms with Crippen LogP contribution in [0.3, 0.4) is 0 Å². The molecule has 1 fully saturated rings. The molecule has 1 rings (SSSR count). The molecule has 0 bridgehead atoms. The van der Waals surface area contributed by atoms with E-state index in [0.717, 1.165) is 0 Å². The summed E-state index contributed by atoms with van der Waals surface area (Å²) >= 11 is 0. The number of hydrogen-bond acceptors (Lipinski definition) is 8. The monoisotopic (exact) mass is 542 g/mol. The summed E-state index contributed by atoms with van der Waals surface area (Å²) in [4.78, 5) is 76.0. The van der Waals surface area contributed by atoms with Gasteiger partial charge in [-0.25, -0.2) is 4.79 Å². The molecule has 0 aromatic rings. The Bertz CT molecular complexity index is 882. The Morgan fingerprint density at radius 3 is 2.11 bits per heavy atom. The van der Waals surface area contributed by atoms with Gasteiger partial charge in [-0.05, 0) is 31.1 Å². The Labute approximate surface area is 222 Å². The van der Waals surface area contributed by atoms with Crippen LogP contribution in [0, 0.1) is 11.8 Å². The number of nitrogens with two attached hydrogens (primary N) is 2. The van der Waals surface area contributed by atoms with Gasteiger partial charge < -0.3 is 42.5 Å². The van der Waals surface area contributed by atoms with E-state index in [2.05, 4.69) is 16.0 Å². The van der Waals surface area contributed by atoms with Crippen molar-refractivity contribution in [1.82, 2.24) is 20.9 Å². The van der Waals surface area contributed by atoms with Crippen LogP contribution in [0.1, 0.15) is 59.8 Å². The first kappa shape index (κ1) is 32.8. The Morgan fingerprint density at radius 2 is 1.61 bits per heavy atom. The summed E-state index contributed by atoms with van der Waals surface area (Å²) in [6.07, 6.45) is 1.06. The van der Waals surface area contributed by atoms with E-state index in [1.807, 2.05) is 13.8 Å². The highest BCUT2D eigenvalue weighted by molar-refractivity contribution is 5.97. The maximum atomic E-state index is 13.4. The molecule has 0 radical (unpaired) electrons. The molecule has 0 spiro atoms. The number of rotatable bonds is 15. The summed E-state index contributed by atoms with van der Waals surface area (Å²) in [5.74, 6) is -5.28. The number of carboxylic acids is 1. The lowest BCUT2D eigenvalue weighted by Crippen LogP contribution is -2.59. The smallest absolute Gasteiger partial charge is 0.328 e. The standard InChI is InChI=1S/C24H42N6O8/c1-5-13(4)19(22(35)28-16(11-31)24(37)38)29-21(34)17-7-6-8-30(17)23(36)15(10-18(26)32)27-20(33)14(25)9-12(2)3/h12-17,19,31H,5-11,25H2,1-4H3,(H2,26,32)(H,27,33)(H,28,35)(H,29,34)(H,37,38)/t13-,14-,15-,16-,17-,19-/m0/s1. The van der Waals surface area contributed by atoms with E-state index in [0.29, 0.717) is 19.3 Å². The summed E-state index contributed by atoms with van der Waals surface area (Å²) < 4.78 is 0. The van der Waals surface area contributed by atoms with Crippen LogP contribution in [-0.2, 0) is 28.8 Å². The molecule has 14 nitrogen and oxygen atoms in total.